The predicted molar refractivity (Wildman–Crippen MR) is 112 cm³/mol. The Kier molecular flexibility index (Phi) is 5.73. The van der Waals surface area contributed by atoms with Crippen LogP contribution in [-0.4, -0.2) is 36.7 Å². The minimum atomic E-state index is -1.45. The highest BCUT2D eigenvalue weighted by atomic mass is 32.1. The molecule has 2 aliphatic rings. The van der Waals surface area contributed by atoms with Gasteiger partial charge < -0.3 is 15.2 Å². The van der Waals surface area contributed by atoms with Crippen LogP contribution in [0.25, 0.3) is 0 Å². The largest absolute Gasteiger partial charge is 0.496 e. The maximum atomic E-state index is 14.1. The van der Waals surface area contributed by atoms with Crippen LogP contribution in [0.4, 0.5) is 0 Å². The monoisotopic (exact) mass is 410 g/mol. The van der Waals surface area contributed by atoms with Crippen LogP contribution in [0.5, 0.6) is 5.75 Å². The summed E-state index contributed by atoms with van der Waals surface area (Å²) in [5.41, 5.74) is -0.676. The molecule has 1 aromatic heterocycles. The summed E-state index contributed by atoms with van der Waals surface area (Å²) in [6, 6.07) is 13.7. The summed E-state index contributed by atoms with van der Waals surface area (Å²) in [7, 11) is 1.60. The average molecular weight is 411 g/mol. The number of Topliss-reactive ketones (excluding diaryl/α,β-unsaturated/α-hetero) is 1. The van der Waals surface area contributed by atoms with E-state index in [-0.39, 0.29) is 23.5 Å². The van der Waals surface area contributed by atoms with E-state index in [1.54, 1.807) is 7.11 Å². The SMILES string of the molecule is COc1ccccc1C(C(=O)[C@]1(O)C[C@H](CC#N)C[C@H]2CNC[C@H]21)c1cccs1. The Bertz CT molecular complexity index is 907. The molecular formula is C23H26N2O3S. The Hall–Kier alpha value is -2.20. The molecule has 5 atom stereocenters. The molecule has 1 saturated carbocycles. The number of nitriles is 1. The van der Waals surface area contributed by atoms with Gasteiger partial charge in [-0.2, -0.15) is 5.26 Å². The molecule has 6 heteroatoms. The molecule has 1 aliphatic heterocycles. The van der Waals surface area contributed by atoms with Gasteiger partial charge in [-0.25, -0.2) is 0 Å². The number of hydrogen-bond donors (Lipinski definition) is 2. The van der Waals surface area contributed by atoms with Crippen LogP contribution >= 0.6 is 11.3 Å². The Morgan fingerprint density at radius 1 is 1.38 bits per heavy atom. The summed E-state index contributed by atoms with van der Waals surface area (Å²) in [6.07, 6.45) is 1.61. The number of aliphatic hydroxyl groups is 1. The summed E-state index contributed by atoms with van der Waals surface area (Å²) in [4.78, 5) is 15.0. The molecule has 2 N–H and O–H groups in total. The van der Waals surface area contributed by atoms with Crippen molar-refractivity contribution in [3.63, 3.8) is 0 Å². The third kappa shape index (κ3) is 3.59. The highest BCUT2D eigenvalue weighted by Gasteiger charge is 2.55. The maximum Gasteiger partial charge on any atom is 0.177 e. The highest BCUT2D eigenvalue weighted by molar-refractivity contribution is 7.10. The number of methoxy groups -OCH3 is 1. The van der Waals surface area contributed by atoms with Gasteiger partial charge in [-0.1, -0.05) is 24.3 Å². The average Bonchev–Trinajstić information content (AvgIpc) is 3.41. The van der Waals surface area contributed by atoms with Crippen molar-refractivity contribution < 1.29 is 14.6 Å². The summed E-state index contributed by atoms with van der Waals surface area (Å²) in [5.74, 6) is 0.0222. The number of benzene rings is 1. The number of para-hydroxylation sites is 1. The Morgan fingerprint density at radius 2 is 2.21 bits per heavy atom. The van der Waals surface area contributed by atoms with E-state index in [0.717, 1.165) is 23.4 Å². The molecule has 2 aromatic rings. The first kappa shape index (κ1) is 20.1. The third-order valence-electron chi connectivity index (χ3n) is 6.54. The van der Waals surface area contributed by atoms with Crippen molar-refractivity contribution in [3.05, 3.63) is 52.2 Å². The molecule has 2 fully saturated rings. The number of carbonyl (C=O) groups excluding carboxylic acids is 1. The van der Waals surface area contributed by atoms with Crippen LogP contribution in [0.15, 0.2) is 41.8 Å². The first-order chi connectivity index (χ1) is 14.1. The second-order valence-corrected chi connectivity index (χ2v) is 9.15. The number of nitrogens with one attached hydrogen (secondary N) is 1. The molecule has 1 unspecified atom stereocenters. The van der Waals surface area contributed by atoms with E-state index in [4.69, 9.17) is 4.74 Å². The van der Waals surface area contributed by atoms with Gasteiger partial charge in [0, 0.05) is 29.3 Å². The normalized spacial score (nSPS) is 29.6. The van der Waals surface area contributed by atoms with Crippen LogP contribution in [0.1, 0.15) is 35.6 Å². The fraction of sp³-hybridized carbons (Fsp3) is 0.478. The van der Waals surface area contributed by atoms with Crippen LogP contribution < -0.4 is 10.1 Å². The van der Waals surface area contributed by atoms with E-state index in [1.165, 1.54) is 11.3 Å². The van der Waals surface area contributed by atoms with Gasteiger partial charge in [0.25, 0.3) is 0 Å². The van der Waals surface area contributed by atoms with Crippen molar-refractivity contribution >= 4 is 17.1 Å². The number of ketones is 1. The fourth-order valence-corrected chi connectivity index (χ4v) is 6.09. The van der Waals surface area contributed by atoms with Gasteiger partial charge in [0.1, 0.15) is 11.4 Å². The first-order valence-electron chi connectivity index (χ1n) is 10.1. The van der Waals surface area contributed by atoms with Crippen molar-refractivity contribution in [1.29, 1.82) is 5.26 Å². The lowest BCUT2D eigenvalue weighted by molar-refractivity contribution is -0.153. The topological polar surface area (TPSA) is 82.3 Å². The zero-order valence-electron chi connectivity index (χ0n) is 16.5. The lowest BCUT2D eigenvalue weighted by atomic mass is 9.62. The van der Waals surface area contributed by atoms with Crippen molar-refractivity contribution in [2.45, 2.75) is 30.8 Å². The first-order valence-corrected chi connectivity index (χ1v) is 11.0. The van der Waals surface area contributed by atoms with Gasteiger partial charge in [0.2, 0.25) is 0 Å². The second kappa shape index (κ2) is 8.27. The molecule has 2 heterocycles. The fourth-order valence-electron chi connectivity index (χ4n) is 5.24. The van der Waals surface area contributed by atoms with Crippen molar-refractivity contribution in [1.82, 2.24) is 5.32 Å². The molecule has 0 spiro atoms. The van der Waals surface area contributed by atoms with Crippen LogP contribution in [0, 0.1) is 29.1 Å². The molecule has 1 aliphatic carbocycles. The van der Waals surface area contributed by atoms with E-state index in [1.807, 2.05) is 41.8 Å². The van der Waals surface area contributed by atoms with Crippen molar-refractivity contribution in [2.24, 2.45) is 17.8 Å². The van der Waals surface area contributed by atoms with E-state index < -0.39 is 11.5 Å². The number of hydrogen-bond acceptors (Lipinski definition) is 6. The number of rotatable bonds is 6. The molecule has 1 saturated heterocycles. The predicted octanol–water partition coefficient (Wildman–Crippen LogP) is 3.35. The minimum Gasteiger partial charge on any atom is -0.496 e. The quantitative estimate of drug-likeness (QED) is 0.763. The molecular weight excluding hydrogens is 384 g/mol. The van der Waals surface area contributed by atoms with Crippen molar-refractivity contribution in [2.75, 3.05) is 20.2 Å². The number of carbonyl (C=O) groups is 1. The number of nitrogens with zero attached hydrogens (tertiary/aromatic N) is 1. The molecule has 29 heavy (non-hydrogen) atoms. The minimum absolute atomic E-state index is 0.0387. The molecule has 4 rings (SSSR count). The molecule has 0 bridgehead atoms. The van der Waals surface area contributed by atoms with Crippen LogP contribution in [0.2, 0.25) is 0 Å². The molecule has 152 valence electrons. The standard InChI is InChI=1S/C23H26N2O3S/c1-28-19-6-3-2-5-17(19)21(20-7-4-10-29-20)22(26)23(27)12-15(8-9-24)11-16-13-25-14-18(16)23/h2-7,10,15-16,18,21,25,27H,8,11-14H2,1H3/t15-,16+,18-,21?,23+/m1/s1. The van der Waals surface area contributed by atoms with Gasteiger partial charge in [0.05, 0.1) is 19.1 Å². The van der Waals surface area contributed by atoms with Crippen LogP contribution in [-0.2, 0) is 4.79 Å². The van der Waals surface area contributed by atoms with E-state index >= 15 is 0 Å². The lowest BCUT2D eigenvalue weighted by Gasteiger charge is -2.44. The van der Waals surface area contributed by atoms with E-state index in [0.29, 0.717) is 25.1 Å². The Balaban J connectivity index is 1.78. The molecule has 0 amide bonds. The maximum absolute atomic E-state index is 14.1. The number of thiophene rings is 1. The van der Waals surface area contributed by atoms with Gasteiger partial charge in [0.15, 0.2) is 5.78 Å². The van der Waals surface area contributed by atoms with Crippen LogP contribution in [0.3, 0.4) is 0 Å². The summed E-state index contributed by atoms with van der Waals surface area (Å²) < 4.78 is 5.56. The summed E-state index contributed by atoms with van der Waals surface area (Å²) in [6.45, 7) is 1.43. The smallest absolute Gasteiger partial charge is 0.177 e. The highest BCUT2D eigenvalue weighted by Crippen LogP contribution is 2.48. The molecule has 5 nitrogen and oxygen atoms in total. The zero-order chi connectivity index (χ0) is 20.4. The second-order valence-electron chi connectivity index (χ2n) is 8.17. The molecule has 1 aromatic carbocycles. The zero-order valence-corrected chi connectivity index (χ0v) is 17.3. The molecule has 0 radical (unpaired) electrons. The summed E-state index contributed by atoms with van der Waals surface area (Å²) >= 11 is 1.52. The third-order valence-corrected chi connectivity index (χ3v) is 7.47. The Labute approximate surface area is 175 Å². The van der Waals surface area contributed by atoms with Gasteiger partial charge in [-0.3, -0.25) is 4.79 Å². The van der Waals surface area contributed by atoms with Crippen molar-refractivity contribution in [3.8, 4) is 11.8 Å². The Morgan fingerprint density at radius 3 is 2.93 bits per heavy atom. The lowest BCUT2D eigenvalue weighted by Crippen LogP contribution is -2.55. The number of ether oxygens (including phenoxy) is 1. The van der Waals surface area contributed by atoms with Gasteiger partial charge >= 0.3 is 0 Å². The number of fused-ring (bicyclic) bond motifs is 1. The van der Waals surface area contributed by atoms with E-state index in [9.17, 15) is 15.2 Å². The summed E-state index contributed by atoms with van der Waals surface area (Å²) in [5, 5.41) is 26.4. The van der Waals surface area contributed by atoms with Gasteiger partial charge in [-0.15, -0.1) is 11.3 Å². The van der Waals surface area contributed by atoms with E-state index in [2.05, 4.69) is 11.4 Å². The van der Waals surface area contributed by atoms with Gasteiger partial charge in [-0.05, 0) is 48.7 Å².